The van der Waals surface area contributed by atoms with Crippen molar-refractivity contribution in [2.45, 2.75) is 0 Å². The summed E-state index contributed by atoms with van der Waals surface area (Å²) in [4.78, 5) is 9.38. The Kier molecular flexibility index (Phi) is 2.02. The van der Waals surface area contributed by atoms with Gasteiger partial charge in [0, 0.05) is 20.3 Å². The molecule has 0 radical (unpaired) electrons. The summed E-state index contributed by atoms with van der Waals surface area (Å²) in [5, 5.41) is 3.93. The van der Waals surface area contributed by atoms with Crippen molar-refractivity contribution in [2.24, 2.45) is 7.05 Å². The average molecular weight is 194 g/mol. The predicted molar refractivity (Wildman–Crippen MR) is 53.9 cm³/mol. The van der Waals surface area contributed by atoms with Crippen molar-refractivity contribution in [1.82, 2.24) is 14.5 Å². The van der Waals surface area contributed by atoms with Crippen molar-refractivity contribution in [1.29, 1.82) is 0 Å². The van der Waals surface area contributed by atoms with Gasteiger partial charge in [-0.2, -0.15) is 0 Å². The molecule has 0 saturated heterocycles. The van der Waals surface area contributed by atoms with Crippen LogP contribution < -0.4 is 5.32 Å². The van der Waals surface area contributed by atoms with Crippen LogP contribution in [0.2, 0.25) is 0 Å². The van der Waals surface area contributed by atoms with Crippen LogP contribution in [0.5, 0.6) is 0 Å². The third kappa shape index (κ3) is 1.42. The van der Waals surface area contributed by atoms with Crippen molar-refractivity contribution < 1.29 is 0 Å². The summed E-state index contributed by atoms with van der Waals surface area (Å²) in [6.45, 7) is 0. The molecule has 5 heteroatoms. The van der Waals surface area contributed by atoms with Crippen molar-refractivity contribution in [3.63, 3.8) is 0 Å². The fourth-order valence-electron chi connectivity index (χ4n) is 1.10. The van der Waals surface area contributed by atoms with E-state index in [9.17, 15) is 0 Å². The van der Waals surface area contributed by atoms with Crippen LogP contribution in [0.25, 0.3) is 10.6 Å². The Morgan fingerprint density at radius 1 is 1.46 bits per heavy atom. The predicted octanol–water partition coefficient (Wildman–Crippen LogP) is 1.59. The van der Waals surface area contributed by atoms with Gasteiger partial charge in [-0.05, 0) is 0 Å². The molecule has 2 rings (SSSR count). The molecule has 4 nitrogen and oxygen atoms in total. The Morgan fingerprint density at radius 2 is 2.31 bits per heavy atom. The van der Waals surface area contributed by atoms with Crippen LogP contribution in [0.15, 0.2) is 18.7 Å². The van der Waals surface area contributed by atoms with E-state index in [2.05, 4.69) is 15.3 Å². The highest BCUT2D eigenvalue weighted by atomic mass is 32.1. The maximum Gasteiger partial charge on any atom is 0.182 e. The standard InChI is InChI=1S/C8H10N4S/c1-9-8-11-4-7(13-8)6-3-10-5-12(6)2/h3-5H,1-2H3,(H,9,11). The maximum absolute atomic E-state index is 4.20. The highest BCUT2D eigenvalue weighted by Gasteiger charge is 2.05. The van der Waals surface area contributed by atoms with E-state index in [1.807, 2.05) is 31.1 Å². The molecule has 0 aromatic carbocycles. The fraction of sp³-hybridized carbons (Fsp3) is 0.250. The number of thiazole rings is 1. The van der Waals surface area contributed by atoms with Gasteiger partial charge in [0.2, 0.25) is 0 Å². The number of aromatic nitrogens is 3. The zero-order valence-corrected chi connectivity index (χ0v) is 8.30. The number of hydrogen-bond donors (Lipinski definition) is 1. The summed E-state index contributed by atoms with van der Waals surface area (Å²) < 4.78 is 1.98. The molecular weight excluding hydrogens is 184 g/mol. The van der Waals surface area contributed by atoms with Crippen molar-refractivity contribution >= 4 is 16.5 Å². The molecule has 0 aliphatic heterocycles. The first-order valence-electron chi connectivity index (χ1n) is 3.91. The van der Waals surface area contributed by atoms with Crippen molar-refractivity contribution in [2.75, 3.05) is 12.4 Å². The number of aryl methyl sites for hydroxylation is 1. The summed E-state index contributed by atoms with van der Waals surface area (Å²) in [6, 6.07) is 0. The molecule has 2 heterocycles. The summed E-state index contributed by atoms with van der Waals surface area (Å²) in [5.41, 5.74) is 1.10. The second-order valence-electron chi connectivity index (χ2n) is 2.67. The Hall–Kier alpha value is -1.36. The molecule has 0 saturated carbocycles. The first-order chi connectivity index (χ1) is 6.31. The third-order valence-electron chi connectivity index (χ3n) is 1.79. The van der Waals surface area contributed by atoms with Crippen LogP contribution in [0.1, 0.15) is 0 Å². The van der Waals surface area contributed by atoms with Crippen molar-refractivity contribution in [3.8, 4) is 10.6 Å². The minimum absolute atomic E-state index is 0.927. The molecular formula is C8H10N4S. The zero-order chi connectivity index (χ0) is 9.26. The van der Waals surface area contributed by atoms with E-state index in [4.69, 9.17) is 0 Å². The van der Waals surface area contributed by atoms with E-state index in [0.717, 1.165) is 15.7 Å². The van der Waals surface area contributed by atoms with Gasteiger partial charge in [-0.3, -0.25) is 0 Å². The van der Waals surface area contributed by atoms with E-state index in [1.54, 1.807) is 17.7 Å². The second-order valence-corrected chi connectivity index (χ2v) is 3.70. The molecule has 0 atom stereocenters. The van der Waals surface area contributed by atoms with Crippen LogP contribution in [0.3, 0.4) is 0 Å². The molecule has 13 heavy (non-hydrogen) atoms. The van der Waals surface area contributed by atoms with Crippen LogP contribution in [0.4, 0.5) is 5.13 Å². The summed E-state index contributed by atoms with van der Waals surface area (Å²) in [7, 11) is 3.84. The number of imidazole rings is 1. The van der Waals surface area contributed by atoms with E-state index in [-0.39, 0.29) is 0 Å². The maximum atomic E-state index is 4.20. The summed E-state index contributed by atoms with van der Waals surface area (Å²) in [5.74, 6) is 0. The molecule has 68 valence electrons. The normalized spacial score (nSPS) is 10.3. The second kappa shape index (κ2) is 3.18. The Labute approximate surface area is 80.3 Å². The van der Waals surface area contributed by atoms with Gasteiger partial charge in [0.15, 0.2) is 5.13 Å². The highest BCUT2D eigenvalue weighted by molar-refractivity contribution is 7.18. The van der Waals surface area contributed by atoms with E-state index < -0.39 is 0 Å². The van der Waals surface area contributed by atoms with E-state index in [1.165, 1.54) is 0 Å². The van der Waals surface area contributed by atoms with Crippen LogP contribution in [-0.2, 0) is 7.05 Å². The number of nitrogens with zero attached hydrogens (tertiary/aromatic N) is 3. The fourth-order valence-corrected chi connectivity index (χ4v) is 1.93. The summed E-state index contributed by atoms with van der Waals surface area (Å²) >= 11 is 1.62. The monoisotopic (exact) mass is 194 g/mol. The van der Waals surface area contributed by atoms with Gasteiger partial charge in [-0.1, -0.05) is 11.3 Å². The lowest BCUT2D eigenvalue weighted by atomic mass is 10.4. The van der Waals surface area contributed by atoms with Gasteiger partial charge >= 0.3 is 0 Å². The van der Waals surface area contributed by atoms with Gasteiger partial charge in [-0.15, -0.1) is 0 Å². The Balaban J connectivity index is 2.41. The molecule has 0 spiro atoms. The van der Waals surface area contributed by atoms with Gasteiger partial charge in [0.25, 0.3) is 0 Å². The number of anilines is 1. The lowest BCUT2D eigenvalue weighted by molar-refractivity contribution is 0.923. The lowest BCUT2D eigenvalue weighted by Crippen LogP contribution is -1.86. The molecule has 0 unspecified atom stereocenters. The molecule has 2 aromatic rings. The van der Waals surface area contributed by atoms with Gasteiger partial charge in [-0.25, -0.2) is 9.97 Å². The van der Waals surface area contributed by atoms with Crippen LogP contribution in [0, 0.1) is 0 Å². The largest absolute Gasteiger partial charge is 0.365 e. The molecule has 0 aliphatic carbocycles. The highest BCUT2D eigenvalue weighted by Crippen LogP contribution is 2.27. The third-order valence-corrected chi connectivity index (χ3v) is 2.83. The Bertz CT molecular complexity index is 404. The first kappa shape index (κ1) is 8.25. The molecule has 0 aliphatic rings. The van der Waals surface area contributed by atoms with E-state index in [0.29, 0.717) is 0 Å². The lowest BCUT2D eigenvalue weighted by Gasteiger charge is -1.95. The smallest absolute Gasteiger partial charge is 0.182 e. The van der Waals surface area contributed by atoms with Crippen molar-refractivity contribution in [3.05, 3.63) is 18.7 Å². The Morgan fingerprint density at radius 3 is 2.85 bits per heavy atom. The summed E-state index contributed by atoms with van der Waals surface area (Å²) in [6.07, 6.45) is 5.48. The number of nitrogens with one attached hydrogen (secondary N) is 1. The average Bonchev–Trinajstić information content (AvgIpc) is 2.71. The molecule has 0 bridgehead atoms. The molecule has 0 fully saturated rings. The SMILES string of the molecule is CNc1ncc(-c2cncn2C)s1. The number of hydrogen-bond acceptors (Lipinski definition) is 4. The quantitative estimate of drug-likeness (QED) is 0.789. The first-order valence-corrected chi connectivity index (χ1v) is 4.73. The van der Waals surface area contributed by atoms with E-state index >= 15 is 0 Å². The van der Waals surface area contributed by atoms with Gasteiger partial charge in [0.1, 0.15) is 0 Å². The number of rotatable bonds is 2. The van der Waals surface area contributed by atoms with Gasteiger partial charge in [0.05, 0.1) is 23.1 Å². The molecule has 0 amide bonds. The van der Waals surface area contributed by atoms with Crippen LogP contribution in [-0.4, -0.2) is 21.6 Å². The molecule has 2 aromatic heterocycles. The minimum Gasteiger partial charge on any atom is -0.365 e. The minimum atomic E-state index is 0.927. The van der Waals surface area contributed by atoms with Gasteiger partial charge < -0.3 is 9.88 Å². The zero-order valence-electron chi connectivity index (χ0n) is 7.48. The van der Waals surface area contributed by atoms with Crippen LogP contribution >= 0.6 is 11.3 Å². The topological polar surface area (TPSA) is 42.7 Å². The molecule has 1 N–H and O–H groups in total.